The average Bonchev–Trinajstić information content (AvgIpc) is 4.29. The number of hydrogen-bond donors (Lipinski definition) is 0. The van der Waals surface area contributed by atoms with Gasteiger partial charge in [0.2, 0.25) is 0 Å². The minimum Gasteiger partial charge on any atom is -0.309 e. The predicted octanol–water partition coefficient (Wildman–Crippen LogP) is 20.7. The molecule has 80 heavy (non-hydrogen) atoms. The minimum absolute atomic E-state index is 0.163. The molecule has 5 heteroatoms. The molecule has 1 aliphatic rings. The van der Waals surface area contributed by atoms with Crippen molar-refractivity contribution in [2.75, 3.05) is 4.90 Å². The van der Waals surface area contributed by atoms with E-state index in [1.807, 2.05) is 23.5 Å². The molecule has 0 N–H and O–H groups in total. The largest absolute Gasteiger partial charge is 0.309 e. The van der Waals surface area contributed by atoms with Crippen molar-refractivity contribution in [2.45, 2.75) is 19.3 Å². The number of nitrogens with zero attached hydrogens (tertiary/aromatic N) is 4. The molecule has 0 fully saturated rings. The molecule has 376 valence electrons. The van der Waals surface area contributed by atoms with Gasteiger partial charge in [-0.3, -0.25) is 0 Å². The van der Waals surface area contributed by atoms with Crippen molar-refractivity contribution >= 4 is 91.9 Å². The number of hydrogen-bond acceptors (Lipinski definition) is 4. The number of benzene rings is 12. The van der Waals surface area contributed by atoms with E-state index in [9.17, 15) is 0 Å². The molecule has 0 spiro atoms. The fourth-order valence-electron chi connectivity index (χ4n) is 13.0. The zero-order chi connectivity index (χ0) is 53.1. The summed E-state index contributed by atoms with van der Waals surface area (Å²) in [6.07, 6.45) is 0. The van der Waals surface area contributed by atoms with Gasteiger partial charge in [0, 0.05) is 76.2 Å². The summed E-state index contributed by atoms with van der Waals surface area (Å²) >= 11 is 1.92. The average molecular weight is 1040 g/mol. The second kappa shape index (κ2) is 18.1. The Morgan fingerprint density at radius 3 is 1.69 bits per heavy atom. The van der Waals surface area contributed by atoms with E-state index in [-0.39, 0.29) is 5.41 Å². The molecule has 0 bridgehead atoms. The van der Waals surface area contributed by atoms with Gasteiger partial charge in [-0.1, -0.05) is 214 Å². The molecular formula is C75H50N4S. The van der Waals surface area contributed by atoms with Crippen LogP contribution in [-0.4, -0.2) is 14.5 Å². The van der Waals surface area contributed by atoms with E-state index in [1.165, 1.54) is 91.4 Å². The van der Waals surface area contributed by atoms with Crippen LogP contribution in [0.1, 0.15) is 25.0 Å². The predicted molar refractivity (Wildman–Crippen MR) is 338 cm³/mol. The lowest BCUT2D eigenvalue weighted by Crippen LogP contribution is -2.16. The van der Waals surface area contributed by atoms with Gasteiger partial charge < -0.3 is 9.47 Å². The van der Waals surface area contributed by atoms with Crippen LogP contribution < -0.4 is 4.90 Å². The van der Waals surface area contributed by atoms with Gasteiger partial charge in [0.25, 0.3) is 0 Å². The van der Waals surface area contributed by atoms with Crippen LogP contribution in [0, 0.1) is 0 Å². The van der Waals surface area contributed by atoms with Gasteiger partial charge in [0.15, 0.2) is 5.82 Å². The highest BCUT2D eigenvalue weighted by Crippen LogP contribution is 2.55. The molecule has 0 saturated carbocycles. The van der Waals surface area contributed by atoms with Gasteiger partial charge in [-0.2, -0.15) is 0 Å². The number of rotatable bonds is 8. The quantitative estimate of drug-likeness (QED) is 0.152. The maximum Gasteiger partial charge on any atom is 0.160 e. The molecule has 3 heterocycles. The number of fused-ring (bicyclic) bond motifs is 15. The van der Waals surface area contributed by atoms with Crippen LogP contribution in [0.2, 0.25) is 0 Å². The molecule has 0 unspecified atom stereocenters. The molecule has 0 saturated heterocycles. The summed E-state index contributed by atoms with van der Waals surface area (Å²) in [4.78, 5) is 12.9. The van der Waals surface area contributed by atoms with Gasteiger partial charge in [-0.05, 0) is 111 Å². The van der Waals surface area contributed by atoms with Crippen molar-refractivity contribution in [3.05, 3.63) is 278 Å². The number of anilines is 3. The zero-order valence-electron chi connectivity index (χ0n) is 44.1. The monoisotopic (exact) mass is 1040 g/mol. The summed E-state index contributed by atoms with van der Waals surface area (Å²) in [5.41, 5.74) is 19.2. The fraction of sp³-hybridized carbons (Fsp3) is 0.0400. The lowest BCUT2D eigenvalue weighted by Gasteiger charge is -2.28. The normalized spacial score (nSPS) is 12.7. The smallest absolute Gasteiger partial charge is 0.160 e. The van der Waals surface area contributed by atoms with Crippen molar-refractivity contribution in [2.24, 2.45) is 0 Å². The molecule has 16 rings (SSSR count). The summed E-state index contributed by atoms with van der Waals surface area (Å²) in [7, 11) is 0. The molecule has 3 aromatic heterocycles. The maximum atomic E-state index is 5.21. The van der Waals surface area contributed by atoms with E-state index in [0.29, 0.717) is 5.82 Å². The van der Waals surface area contributed by atoms with E-state index >= 15 is 0 Å². The van der Waals surface area contributed by atoms with Crippen molar-refractivity contribution in [1.29, 1.82) is 0 Å². The summed E-state index contributed by atoms with van der Waals surface area (Å²) < 4.78 is 5.04. The lowest BCUT2D eigenvalue weighted by molar-refractivity contribution is 0.660. The molecule has 4 nitrogen and oxygen atoms in total. The number of aromatic nitrogens is 3. The molecule has 0 radical (unpaired) electrons. The Labute approximate surface area is 467 Å². The highest BCUT2D eigenvalue weighted by molar-refractivity contribution is 7.27. The van der Waals surface area contributed by atoms with E-state index in [2.05, 4.69) is 278 Å². The second-order valence-corrected chi connectivity index (χ2v) is 22.7. The van der Waals surface area contributed by atoms with Crippen molar-refractivity contribution < 1.29 is 0 Å². The Hall–Kier alpha value is -9.94. The van der Waals surface area contributed by atoms with Crippen molar-refractivity contribution in [3.8, 4) is 61.8 Å². The second-order valence-electron chi connectivity index (χ2n) is 21.6. The minimum atomic E-state index is -0.163. The third-order valence-electron chi connectivity index (χ3n) is 16.8. The van der Waals surface area contributed by atoms with Gasteiger partial charge in [-0.25, -0.2) is 9.97 Å². The third kappa shape index (κ3) is 7.14. The van der Waals surface area contributed by atoms with E-state index in [0.717, 1.165) is 56.3 Å². The third-order valence-corrected chi connectivity index (χ3v) is 18.0. The van der Waals surface area contributed by atoms with Crippen LogP contribution >= 0.6 is 11.3 Å². The molecule has 12 aromatic carbocycles. The van der Waals surface area contributed by atoms with Crippen LogP contribution in [0.5, 0.6) is 0 Å². The molecule has 15 aromatic rings. The van der Waals surface area contributed by atoms with Crippen LogP contribution in [0.25, 0.3) is 125 Å². The Kier molecular flexibility index (Phi) is 10.4. The Balaban J connectivity index is 0.934. The maximum absolute atomic E-state index is 5.21. The SMILES string of the molecule is CC1(C)c2ccccc2-c2ccc(N(c3ccc(-c4ccccc4)cc3)c3cccc4c3sc3c5ccccc5c5c(c43)c3c4ccccc4ccc3n5-c3ccc(-c4nc(-c5ccccc5)cc(-c5ccccc5)n4)cc3)cc21. The Bertz CT molecular complexity index is 4890. The van der Waals surface area contributed by atoms with Gasteiger partial charge in [-0.15, -0.1) is 11.3 Å². The van der Waals surface area contributed by atoms with E-state index in [1.54, 1.807) is 0 Å². The molecule has 0 atom stereocenters. The summed E-state index contributed by atoms with van der Waals surface area (Å²) in [5.74, 6) is 0.688. The zero-order valence-corrected chi connectivity index (χ0v) is 44.9. The van der Waals surface area contributed by atoms with Crippen LogP contribution in [0.15, 0.2) is 267 Å². The lowest BCUT2D eigenvalue weighted by atomic mass is 9.82. The first-order valence-corrected chi connectivity index (χ1v) is 28.3. The van der Waals surface area contributed by atoms with Crippen molar-refractivity contribution in [3.63, 3.8) is 0 Å². The topological polar surface area (TPSA) is 34.0 Å². The highest BCUT2D eigenvalue weighted by Gasteiger charge is 2.36. The standard InChI is InChI=1S/C75H50N4S/c1-75(2)62-31-17-16-27-57(62)58-43-42-55(45-63(58)75)78(53-38-33-48(34-39-53)47-19-6-3-7-20-47)67-32-18-30-61-69-70-68-56-26-13-12-21-49(56)37-44-66(68)79(71(70)59-28-14-15-29-60(59)73(69)80-72(61)67)54-40-35-52(36-41-54)74-76-64(50-22-8-4-9-23-50)46-65(77-74)51-24-10-5-11-25-51/h3-46H,1-2H3. The Morgan fingerprint density at radius 2 is 0.963 bits per heavy atom. The summed E-state index contributed by atoms with van der Waals surface area (Å²) in [6, 6.07) is 97.3. The Morgan fingerprint density at radius 1 is 0.388 bits per heavy atom. The van der Waals surface area contributed by atoms with Gasteiger partial charge in [0.05, 0.1) is 32.8 Å². The molecule has 0 aliphatic heterocycles. The van der Waals surface area contributed by atoms with E-state index < -0.39 is 0 Å². The van der Waals surface area contributed by atoms with Gasteiger partial charge in [0.1, 0.15) is 0 Å². The molecular weight excluding hydrogens is 989 g/mol. The molecule has 1 aliphatic carbocycles. The van der Waals surface area contributed by atoms with Crippen LogP contribution in [0.3, 0.4) is 0 Å². The first-order valence-electron chi connectivity index (χ1n) is 27.5. The first kappa shape index (κ1) is 46.2. The van der Waals surface area contributed by atoms with Crippen LogP contribution in [-0.2, 0) is 5.41 Å². The first-order chi connectivity index (χ1) is 39.4. The van der Waals surface area contributed by atoms with E-state index in [4.69, 9.17) is 9.97 Å². The van der Waals surface area contributed by atoms with Gasteiger partial charge >= 0.3 is 0 Å². The summed E-state index contributed by atoms with van der Waals surface area (Å²) in [5, 5.41) is 9.94. The fourth-order valence-corrected chi connectivity index (χ4v) is 14.3. The molecule has 0 amide bonds. The number of thiophene rings is 1. The highest BCUT2D eigenvalue weighted by atomic mass is 32.1. The van der Waals surface area contributed by atoms with Crippen LogP contribution in [0.4, 0.5) is 17.1 Å². The summed E-state index contributed by atoms with van der Waals surface area (Å²) in [6.45, 7) is 4.75. The van der Waals surface area contributed by atoms with Crippen molar-refractivity contribution in [1.82, 2.24) is 14.5 Å².